The summed E-state index contributed by atoms with van der Waals surface area (Å²) in [6.07, 6.45) is 3.82. The summed E-state index contributed by atoms with van der Waals surface area (Å²) >= 11 is 0. The molecular formula is C15H20N2O2S. The van der Waals surface area contributed by atoms with Crippen molar-refractivity contribution in [2.75, 3.05) is 6.54 Å². The van der Waals surface area contributed by atoms with Crippen LogP contribution in [0.3, 0.4) is 0 Å². The molecule has 0 spiro atoms. The third-order valence-corrected chi connectivity index (χ3v) is 4.66. The predicted molar refractivity (Wildman–Crippen MR) is 80.2 cm³/mol. The molecule has 0 radical (unpaired) electrons. The van der Waals surface area contributed by atoms with Gasteiger partial charge in [0, 0.05) is 25.5 Å². The highest BCUT2D eigenvalue weighted by molar-refractivity contribution is 7.89. The van der Waals surface area contributed by atoms with Crippen molar-refractivity contribution in [2.24, 2.45) is 0 Å². The second-order valence-electron chi connectivity index (χ2n) is 5.04. The van der Waals surface area contributed by atoms with Crippen molar-refractivity contribution in [2.45, 2.75) is 31.2 Å². The van der Waals surface area contributed by atoms with Gasteiger partial charge in [-0.25, -0.2) is 13.1 Å². The Kier molecular flexibility index (Phi) is 4.62. The molecule has 0 fully saturated rings. The molecule has 0 amide bonds. The van der Waals surface area contributed by atoms with Crippen LogP contribution in [-0.2, 0) is 16.6 Å². The van der Waals surface area contributed by atoms with Gasteiger partial charge < -0.3 is 4.57 Å². The minimum absolute atomic E-state index is 0.314. The van der Waals surface area contributed by atoms with Gasteiger partial charge in [-0.15, -0.1) is 0 Å². The molecular weight excluding hydrogens is 272 g/mol. The van der Waals surface area contributed by atoms with Crippen LogP contribution in [0.1, 0.15) is 25.3 Å². The topological polar surface area (TPSA) is 51.1 Å². The average Bonchev–Trinajstić information content (AvgIpc) is 2.92. The number of nitrogens with one attached hydrogen (secondary N) is 1. The van der Waals surface area contributed by atoms with Crippen LogP contribution in [0, 0.1) is 0 Å². The maximum atomic E-state index is 12.1. The lowest BCUT2D eigenvalue weighted by Gasteiger charge is -2.09. The van der Waals surface area contributed by atoms with Gasteiger partial charge in [0.25, 0.3) is 0 Å². The van der Waals surface area contributed by atoms with E-state index >= 15 is 0 Å². The molecule has 5 heteroatoms. The molecule has 0 aliphatic heterocycles. The molecule has 1 N–H and O–H groups in total. The molecule has 4 nitrogen and oxygen atoms in total. The van der Waals surface area contributed by atoms with Gasteiger partial charge in [-0.05, 0) is 35.7 Å². The summed E-state index contributed by atoms with van der Waals surface area (Å²) in [7, 11) is -3.42. The first-order valence-electron chi connectivity index (χ1n) is 6.69. The summed E-state index contributed by atoms with van der Waals surface area (Å²) < 4.78 is 28.8. The number of hydrogen-bond acceptors (Lipinski definition) is 2. The van der Waals surface area contributed by atoms with Crippen LogP contribution < -0.4 is 4.72 Å². The maximum Gasteiger partial charge on any atom is 0.240 e. The van der Waals surface area contributed by atoms with E-state index in [1.54, 1.807) is 12.1 Å². The first-order valence-corrected chi connectivity index (χ1v) is 8.18. The minimum atomic E-state index is -3.42. The number of hydrogen-bond donors (Lipinski definition) is 1. The van der Waals surface area contributed by atoms with E-state index in [2.05, 4.69) is 18.6 Å². The normalized spacial score (nSPS) is 11.9. The summed E-state index contributed by atoms with van der Waals surface area (Å²) in [5.74, 6) is 0.397. The SMILES string of the molecule is CC(C)c1ccc(S(=O)(=O)NCCn2cccc2)cc1. The zero-order valence-corrected chi connectivity index (χ0v) is 12.6. The minimum Gasteiger partial charge on any atom is -0.353 e. The average molecular weight is 292 g/mol. The highest BCUT2D eigenvalue weighted by atomic mass is 32.2. The zero-order valence-electron chi connectivity index (χ0n) is 11.8. The molecule has 20 heavy (non-hydrogen) atoms. The smallest absolute Gasteiger partial charge is 0.240 e. The van der Waals surface area contributed by atoms with Crippen LogP contribution in [0.25, 0.3) is 0 Å². The zero-order chi connectivity index (χ0) is 14.6. The van der Waals surface area contributed by atoms with Crippen LogP contribution in [-0.4, -0.2) is 19.5 Å². The Morgan fingerprint density at radius 3 is 2.25 bits per heavy atom. The summed E-state index contributed by atoms with van der Waals surface area (Å²) in [5, 5.41) is 0. The third-order valence-electron chi connectivity index (χ3n) is 3.19. The van der Waals surface area contributed by atoms with Crippen LogP contribution in [0.5, 0.6) is 0 Å². The molecule has 0 saturated heterocycles. The Balaban J connectivity index is 1.99. The standard InChI is InChI=1S/C15H20N2O2S/c1-13(2)14-5-7-15(8-6-14)20(18,19)16-9-12-17-10-3-4-11-17/h3-8,10-11,13,16H,9,12H2,1-2H3. The Labute approximate surface area is 120 Å². The van der Waals surface area contributed by atoms with Crippen molar-refractivity contribution < 1.29 is 8.42 Å². The van der Waals surface area contributed by atoms with Gasteiger partial charge in [-0.1, -0.05) is 26.0 Å². The molecule has 0 aliphatic rings. The van der Waals surface area contributed by atoms with Crippen molar-refractivity contribution in [1.82, 2.24) is 9.29 Å². The number of sulfonamides is 1. The lowest BCUT2D eigenvalue weighted by molar-refractivity contribution is 0.573. The maximum absolute atomic E-state index is 12.1. The van der Waals surface area contributed by atoms with E-state index in [4.69, 9.17) is 0 Å². The quantitative estimate of drug-likeness (QED) is 0.889. The van der Waals surface area contributed by atoms with Gasteiger partial charge in [0.2, 0.25) is 10.0 Å². The summed E-state index contributed by atoms with van der Waals surface area (Å²) in [6, 6.07) is 10.9. The first kappa shape index (κ1) is 14.8. The van der Waals surface area contributed by atoms with E-state index in [0.29, 0.717) is 23.9 Å². The lowest BCUT2D eigenvalue weighted by atomic mass is 10.0. The first-order chi connectivity index (χ1) is 9.49. The summed E-state index contributed by atoms with van der Waals surface area (Å²) in [5.41, 5.74) is 1.14. The molecule has 0 saturated carbocycles. The fourth-order valence-electron chi connectivity index (χ4n) is 1.94. The van der Waals surface area contributed by atoms with Crippen molar-refractivity contribution in [3.8, 4) is 0 Å². The molecule has 0 bridgehead atoms. The van der Waals surface area contributed by atoms with Gasteiger partial charge in [0.1, 0.15) is 0 Å². The van der Waals surface area contributed by atoms with E-state index in [-0.39, 0.29) is 0 Å². The predicted octanol–water partition coefficient (Wildman–Crippen LogP) is 2.59. The highest BCUT2D eigenvalue weighted by Gasteiger charge is 2.13. The van der Waals surface area contributed by atoms with Gasteiger partial charge >= 0.3 is 0 Å². The van der Waals surface area contributed by atoms with Crippen LogP contribution in [0.2, 0.25) is 0 Å². The van der Waals surface area contributed by atoms with E-state index in [1.165, 1.54) is 0 Å². The molecule has 0 aliphatic carbocycles. The number of nitrogens with zero attached hydrogens (tertiary/aromatic N) is 1. The third kappa shape index (κ3) is 3.71. The Bertz CT molecular complexity index is 629. The van der Waals surface area contributed by atoms with E-state index in [0.717, 1.165) is 5.56 Å². The van der Waals surface area contributed by atoms with Gasteiger partial charge in [-0.3, -0.25) is 0 Å². The van der Waals surface area contributed by atoms with Crippen molar-refractivity contribution in [3.05, 3.63) is 54.4 Å². The monoisotopic (exact) mass is 292 g/mol. The lowest BCUT2D eigenvalue weighted by Crippen LogP contribution is -2.27. The second kappa shape index (κ2) is 6.24. The number of benzene rings is 1. The second-order valence-corrected chi connectivity index (χ2v) is 6.81. The van der Waals surface area contributed by atoms with Crippen molar-refractivity contribution >= 4 is 10.0 Å². The van der Waals surface area contributed by atoms with Crippen LogP contribution >= 0.6 is 0 Å². The number of aromatic nitrogens is 1. The number of rotatable bonds is 6. The molecule has 108 valence electrons. The van der Waals surface area contributed by atoms with Gasteiger partial charge in [0.05, 0.1) is 4.90 Å². The van der Waals surface area contributed by atoms with E-state index in [1.807, 2.05) is 41.2 Å². The van der Waals surface area contributed by atoms with Crippen LogP contribution in [0.15, 0.2) is 53.7 Å². The molecule has 0 unspecified atom stereocenters. The molecule has 1 heterocycles. The molecule has 2 aromatic rings. The molecule has 1 aromatic heterocycles. The molecule has 2 rings (SSSR count). The summed E-state index contributed by atoms with van der Waals surface area (Å²) in [6.45, 7) is 5.16. The fourth-order valence-corrected chi connectivity index (χ4v) is 2.96. The highest BCUT2D eigenvalue weighted by Crippen LogP contribution is 2.17. The van der Waals surface area contributed by atoms with Crippen LogP contribution in [0.4, 0.5) is 0 Å². The molecule has 0 atom stereocenters. The Morgan fingerprint density at radius 2 is 1.70 bits per heavy atom. The van der Waals surface area contributed by atoms with Gasteiger partial charge in [-0.2, -0.15) is 0 Å². The molecule has 1 aromatic carbocycles. The fraction of sp³-hybridized carbons (Fsp3) is 0.333. The van der Waals surface area contributed by atoms with Crippen molar-refractivity contribution in [3.63, 3.8) is 0 Å². The Hall–Kier alpha value is -1.59. The van der Waals surface area contributed by atoms with Crippen molar-refractivity contribution in [1.29, 1.82) is 0 Å². The largest absolute Gasteiger partial charge is 0.353 e. The summed E-state index contributed by atoms with van der Waals surface area (Å²) in [4.78, 5) is 0.314. The van der Waals surface area contributed by atoms with E-state index < -0.39 is 10.0 Å². The van der Waals surface area contributed by atoms with Gasteiger partial charge in [0.15, 0.2) is 0 Å². The Morgan fingerprint density at radius 1 is 1.10 bits per heavy atom. The van der Waals surface area contributed by atoms with E-state index in [9.17, 15) is 8.42 Å².